The van der Waals surface area contributed by atoms with Crippen LogP contribution in [-0.4, -0.2) is 11.6 Å². The maximum Gasteiger partial charge on any atom is 0.171 e. The van der Waals surface area contributed by atoms with Crippen molar-refractivity contribution >= 4 is 27.5 Å². The number of Topliss-reactive ketones (excluding diaryl/α,β-unsaturated/α-hetero) is 2. The number of benzene rings is 1. The van der Waals surface area contributed by atoms with E-state index in [4.69, 9.17) is 0 Å². The zero-order valence-corrected chi connectivity index (χ0v) is 11.3. The monoisotopic (exact) mass is 282 g/mol. The third-order valence-corrected chi connectivity index (χ3v) is 3.02. The van der Waals surface area contributed by atoms with Gasteiger partial charge in [-0.25, -0.2) is 0 Å². The molecule has 0 unspecified atom stereocenters. The average Bonchev–Trinajstić information content (AvgIpc) is 2.16. The van der Waals surface area contributed by atoms with E-state index in [1.165, 1.54) is 0 Å². The Kier molecular flexibility index (Phi) is 4.03. The van der Waals surface area contributed by atoms with Crippen LogP contribution < -0.4 is 0 Å². The third-order valence-electron chi connectivity index (χ3n) is 2.33. The summed E-state index contributed by atoms with van der Waals surface area (Å²) in [5, 5.41) is 0. The second kappa shape index (κ2) is 4.91. The first-order chi connectivity index (χ1) is 7.32. The van der Waals surface area contributed by atoms with Crippen molar-refractivity contribution in [3.8, 4) is 0 Å². The van der Waals surface area contributed by atoms with Crippen LogP contribution in [0.2, 0.25) is 0 Å². The van der Waals surface area contributed by atoms with Gasteiger partial charge < -0.3 is 0 Å². The lowest BCUT2D eigenvalue weighted by atomic mass is 9.87. The van der Waals surface area contributed by atoms with Crippen molar-refractivity contribution < 1.29 is 9.59 Å². The molecule has 0 saturated carbocycles. The highest BCUT2D eigenvalue weighted by atomic mass is 79.9. The normalized spacial score (nSPS) is 11.2. The minimum atomic E-state index is -0.461. The molecule has 16 heavy (non-hydrogen) atoms. The summed E-state index contributed by atoms with van der Waals surface area (Å²) in [7, 11) is 0. The molecule has 86 valence electrons. The molecule has 0 amide bonds. The molecule has 0 saturated heterocycles. The van der Waals surface area contributed by atoms with Gasteiger partial charge in [-0.15, -0.1) is 0 Å². The first-order valence-electron chi connectivity index (χ1n) is 5.13. The fourth-order valence-electron chi connectivity index (χ4n) is 1.19. The number of carbonyl (C=O) groups is 2. The molecule has 0 bridgehead atoms. The van der Waals surface area contributed by atoms with E-state index >= 15 is 0 Å². The van der Waals surface area contributed by atoms with Crippen molar-refractivity contribution in [2.24, 2.45) is 5.41 Å². The van der Waals surface area contributed by atoms with Crippen LogP contribution in [0.4, 0.5) is 0 Å². The standard InChI is InChI=1S/C13H15BrO2/c1-13(2,3)12(16)8-11(15)9-6-4-5-7-10(9)14/h4-7H,8H2,1-3H3. The van der Waals surface area contributed by atoms with Crippen LogP contribution >= 0.6 is 15.9 Å². The first kappa shape index (κ1) is 13.1. The van der Waals surface area contributed by atoms with E-state index in [0.717, 1.165) is 4.47 Å². The minimum absolute atomic E-state index is 0.0340. The molecule has 1 aromatic rings. The summed E-state index contributed by atoms with van der Waals surface area (Å²) in [5.74, 6) is -0.166. The van der Waals surface area contributed by atoms with Gasteiger partial charge in [0.2, 0.25) is 0 Å². The quantitative estimate of drug-likeness (QED) is 0.627. The van der Waals surface area contributed by atoms with Crippen LogP contribution in [0, 0.1) is 5.41 Å². The Hall–Kier alpha value is -0.960. The molecule has 0 heterocycles. The summed E-state index contributed by atoms with van der Waals surface area (Å²) in [6.07, 6.45) is -0.0356. The summed E-state index contributed by atoms with van der Waals surface area (Å²) in [4.78, 5) is 23.6. The Morgan fingerprint density at radius 3 is 2.25 bits per heavy atom. The molecule has 1 rings (SSSR count). The molecular formula is C13H15BrO2. The summed E-state index contributed by atoms with van der Waals surface area (Å²) in [6.45, 7) is 5.47. The maximum absolute atomic E-state index is 11.9. The van der Waals surface area contributed by atoms with Crippen LogP contribution in [0.5, 0.6) is 0 Å². The number of rotatable bonds is 3. The van der Waals surface area contributed by atoms with Gasteiger partial charge >= 0.3 is 0 Å². The van der Waals surface area contributed by atoms with Gasteiger partial charge in [0.25, 0.3) is 0 Å². The molecule has 0 aliphatic rings. The molecule has 0 aromatic heterocycles. The predicted molar refractivity (Wildman–Crippen MR) is 67.6 cm³/mol. The van der Waals surface area contributed by atoms with Crippen molar-refractivity contribution in [1.29, 1.82) is 0 Å². The van der Waals surface area contributed by atoms with Gasteiger partial charge in [-0.2, -0.15) is 0 Å². The van der Waals surface area contributed by atoms with Crippen molar-refractivity contribution in [2.45, 2.75) is 27.2 Å². The van der Waals surface area contributed by atoms with Crippen LogP contribution in [0.3, 0.4) is 0 Å². The lowest BCUT2D eigenvalue weighted by Crippen LogP contribution is -2.23. The molecular weight excluding hydrogens is 268 g/mol. The second-order valence-corrected chi connectivity index (χ2v) is 5.61. The molecule has 3 heteroatoms. The van der Waals surface area contributed by atoms with Crippen LogP contribution in [0.25, 0.3) is 0 Å². The van der Waals surface area contributed by atoms with E-state index in [1.54, 1.807) is 18.2 Å². The van der Waals surface area contributed by atoms with Gasteiger partial charge in [0.1, 0.15) is 5.78 Å². The van der Waals surface area contributed by atoms with E-state index in [0.29, 0.717) is 5.56 Å². The lowest BCUT2D eigenvalue weighted by molar-refractivity contribution is -0.125. The van der Waals surface area contributed by atoms with Crippen molar-refractivity contribution in [3.63, 3.8) is 0 Å². The topological polar surface area (TPSA) is 34.1 Å². The molecule has 0 spiro atoms. The van der Waals surface area contributed by atoms with Crippen LogP contribution in [0.15, 0.2) is 28.7 Å². The number of carbonyl (C=O) groups excluding carboxylic acids is 2. The highest BCUT2D eigenvalue weighted by Crippen LogP contribution is 2.21. The molecule has 0 radical (unpaired) electrons. The Labute approximate surface area is 104 Å². The molecule has 0 atom stereocenters. The Balaban J connectivity index is 2.82. The average molecular weight is 283 g/mol. The zero-order chi connectivity index (χ0) is 12.3. The minimum Gasteiger partial charge on any atom is -0.299 e. The third kappa shape index (κ3) is 3.27. The SMILES string of the molecule is CC(C)(C)C(=O)CC(=O)c1ccccc1Br. The molecule has 2 nitrogen and oxygen atoms in total. The van der Waals surface area contributed by atoms with Gasteiger partial charge in [0.05, 0.1) is 6.42 Å². The molecule has 0 N–H and O–H groups in total. The number of hydrogen-bond donors (Lipinski definition) is 0. The molecule has 0 aliphatic carbocycles. The fourth-order valence-corrected chi connectivity index (χ4v) is 1.70. The smallest absolute Gasteiger partial charge is 0.171 e. The number of hydrogen-bond acceptors (Lipinski definition) is 2. The van der Waals surface area contributed by atoms with Crippen LogP contribution in [0.1, 0.15) is 37.6 Å². The zero-order valence-electron chi connectivity index (χ0n) is 9.71. The van der Waals surface area contributed by atoms with E-state index in [9.17, 15) is 9.59 Å². The summed E-state index contributed by atoms with van der Waals surface area (Å²) in [5.41, 5.74) is 0.108. The van der Waals surface area contributed by atoms with Crippen molar-refractivity contribution in [3.05, 3.63) is 34.3 Å². The predicted octanol–water partition coefficient (Wildman–Crippen LogP) is 3.64. The summed E-state index contributed by atoms with van der Waals surface area (Å²) >= 11 is 3.31. The van der Waals surface area contributed by atoms with E-state index in [-0.39, 0.29) is 18.0 Å². The lowest BCUT2D eigenvalue weighted by Gasteiger charge is -2.15. The van der Waals surface area contributed by atoms with E-state index in [2.05, 4.69) is 15.9 Å². The second-order valence-electron chi connectivity index (χ2n) is 4.75. The van der Waals surface area contributed by atoms with Gasteiger partial charge in [-0.3, -0.25) is 9.59 Å². The Bertz CT molecular complexity index is 416. The summed E-state index contributed by atoms with van der Waals surface area (Å²) in [6, 6.07) is 7.16. The van der Waals surface area contributed by atoms with Crippen LogP contribution in [-0.2, 0) is 4.79 Å². The van der Waals surface area contributed by atoms with E-state index in [1.807, 2.05) is 26.8 Å². The van der Waals surface area contributed by atoms with Gasteiger partial charge in [-0.1, -0.05) is 54.9 Å². The van der Waals surface area contributed by atoms with Crippen molar-refractivity contribution in [1.82, 2.24) is 0 Å². The van der Waals surface area contributed by atoms with E-state index < -0.39 is 5.41 Å². The molecule has 0 fully saturated rings. The van der Waals surface area contributed by atoms with Gasteiger partial charge in [0, 0.05) is 15.5 Å². The highest BCUT2D eigenvalue weighted by Gasteiger charge is 2.24. The Morgan fingerprint density at radius 2 is 1.75 bits per heavy atom. The maximum atomic E-state index is 11.9. The van der Waals surface area contributed by atoms with Crippen molar-refractivity contribution in [2.75, 3.05) is 0 Å². The summed E-state index contributed by atoms with van der Waals surface area (Å²) < 4.78 is 0.738. The Morgan fingerprint density at radius 1 is 1.19 bits per heavy atom. The fraction of sp³-hybridized carbons (Fsp3) is 0.385. The van der Waals surface area contributed by atoms with Gasteiger partial charge in [0.15, 0.2) is 5.78 Å². The molecule has 0 aliphatic heterocycles. The number of halogens is 1. The number of ketones is 2. The largest absolute Gasteiger partial charge is 0.299 e. The molecule has 1 aromatic carbocycles. The van der Waals surface area contributed by atoms with Gasteiger partial charge in [-0.05, 0) is 6.07 Å². The first-order valence-corrected chi connectivity index (χ1v) is 5.92. The highest BCUT2D eigenvalue weighted by molar-refractivity contribution is 9.10.